The Labute approximate surface area is 407 Å². The van der Waals surface area contributed by atoms with Gasteiger partial charge in [0, 0.05) is 19.3 Å². The Morgan fingerprint density at radius 3 is 1.12 bits per heavy atom. The normalized spacial score (nSPS) is 12.8. The minimum atomic E-state index is -0.797. The van der Waals surface area contributed by atoms with Gasteiger partial charge in [0.25, 0.3) is 0 Å². The van der Waals surface area contributed by atoms with Crippen LogP contribution < -0.4 is 0 Å². The lowest BCUT2D eigenvalue weighted by atomic mass is 10.1. The van der Waals surface area contributed by atoms with E-state index in [1.165, 1.54) is 89.9 Å². The van der Waals surface area contributed by atoms with Gasteiger partial charge in [0.2, 0.25) is 0 Å². The van der Waals surface area contributed by atoms with E-state index >= 15 is 0 Å². The van der Waals surface area contributed by atoms with Crippen molar-refractivity contribution in [2.45, 2.75) is 252 Å². The molecule has 6 heteroatoms. The van der Waals surface area contributed by atoms with Crippen LogP contribution in [-0.2, 0) is 28.6 Å². The molecule has 0 aromatic heterocycles. The second kappa shape index (κ2) is 53.9. The Kier molecular flexibility index (Phi) is 50.9. The number of hydrogen-bond donors (Lipinski definition) is 0. The molecule has 0 amide bonds. The predicted octanol–water partition coefficient (Wildman–Crippen LogP) is 18.1. The molecule has 0 bridgehead atoms. The van der Waals surface area contributed by atoms with Crippen LogP contribution in [0.25, 0.3) is 0 Å². The minimum Gasteiger partial charge on any atom is -0.462 e. The Morgan fingerprint density at radius 1 is 0.333 bits per heavy atom. The van der Waals surface area contributed by atoms with Crippen molar-refractivity contribution >= 4 is 17.9 Å². The molecule has 0 aliphatic heterocycles. The number of hydrogen-bond acceptors (Lipinski definition) is 6. The zero-order valence-electron chi connectivity index (χ0n) is 42.9. The second-order valence-corrected chi connectivity index (χ2v) is 17.8. The van der Waals surface area contributed by atoms with Gasteiger partial charge in [-0.3, -0.25) is 14.4 Å². The van der Waals surface area contributed by atoms with Crippen LogP contribution in [0.15, 0.2) is 97.2 Å². The standard InChI is InChI=1S/C60H100O6/c1-4-7-10-13-16-19-22-25-28-30-33-35-38-41-44-47-50-53-59(62)65-56-57(55-64-58(61)52-49-46-43-40-37-34-31-27-24-21-18-15-12-9-6-3)66-60(63)54-51-48-45-42-39-36-32-29-26-23-20-17-14-11-8-5-2/h8-9,11-12,15,17-18,20-21,24-29,31,57H,4-7,10,13-14,16,19,22-23,30,32-56H2,1-3H3/b11-8-,12-9-,18-15-,20-17-,24-21-,28-25-,29-26-,31-27-. The van der Waals surface area contributed by atoms with Crippen LogP contribution >= 0.6 is 0 Å². The van der Waals surface area contributed by atoms with Crippen LogP contribution in [0, 0.1) is 0 Å². The molecule has 66 heavy (non-hydrogen) atoms. The summed E-state index contributed by atoms with van der Waals surface area (Å²) in [4.78, 5) is 38.1. The number of esters is 3. The van der Waals surface area contributed by atoms with Gasteiger partial charge in [-0.15, -0.1) is 0 Å². The summed E-state index contributed by atoms with van der Waals surface area (Å²) in [7, 11) is 0. The third-order valence-electron chi connectivity index (χ3n) is 11.4. The highest BCUT2D eigenvalue weighted by molar-refractivity contribution is 5.71. The van der Waals surface area contributed by atoms with Crippen LogP contribution in [0.3, 0.4) is 0 Å². The van der Waals surface area contributed by atoms with E-state index in [0.29, 0.717) is 19.3 Å². The maximum atomic E-state index is 12.8. The smallest absolute Gasteiger partial charge is 0.306 e. The average Bonchev–Trinajstić information content (AvgIpc) is 3.31. The van der Waals surface area contributed by atoms with E-state index < -0.39 is 6.10 Å². The molecule has 0 aromatic carbocycles. The van der Waals surface area contributed by atoms with Gasteiger partial charge >= 0.3 is 17.9 Å². The molecule has 1 atom stereocenters. The van der Waals surface area contributed by atoms with Gasteiger partial charge in [0.1, 0.15) is 13.2 Å². The van der Waals surface area contributed by atoms with Crippen molar-refractivity contribution in [3.8, 4) is 0 Å². The Balaban J connectivity index is 4.45. The highest BCUT2D eigenvalue weighted by Crippen LogP contribution is 2.14. The fourth-order valence-electron chi connectivity index (χ4n) is 7.34. The van der Waals surface area contributed by atoms with E-state index in [1.807, 2.05) is 18.2 Å². The first-order valence-corrected chi connectivity index (χ1v) is 27.3. The molecule has 0 saturated heterocycles. The minimum absolute atomic E-state index is 0.0937. The van der Waals surface area contributed by atoms with Crippen molar-refractivity contribution < 1.29 is 28.6 Å². The zero-order chi connectivity index (χ0) is 47.9. The highest BCUT2D eigenvalue weighted by atomic mass is 16.6. The molecular weight excluding hydrogens is 817 g/mol. The topological polar surface area (TPSA) is 78.9 Å². The van der Waals surface area contributed by atoms with E-state index in [9.17, 15) is 14.4 Å². The lowest BCUT2D eigenvalue weighted by Crippen LogP contribution is -2.30. The first-order chi connectivity index (χ1) is 32.5. The second-order valence-electron chi connectivity index (χ2n) is 17.8. The van der Waals surface area contributed by atoms with E-state index in [4.69, 9.17) is 14.2 Å². The van der Waals surface area contributed by atoms with Gasteiger partial charge in [-0.05, 0) is 96.3 Å². The lowest BCUT2D eigenvalue weighted by molar-refractivity contribution is -0.167. The number of ether oxygens (including phenoxy) is 3. The molecule has 0 N–H and O–H groups in total. The third-order valence-corrected chi connectivity index (χ3v) is 11.4. The fourth-order valence-corrected chi connectivity index (χ4v) is 7.34. The zero-order valence-corrected chi connectivity index (χ0v) is 42.9. The van der Waals surface area contributed by atoms with Crippen molar-refractivity contribution in [2.75, 3.05) is 13.2 Å². The molecule has 0 spiro atoms. The summed E-state index contributed by atoms with van der Waals surface area (Å²) in [6.45, 7) is 6.35. The summed E-state index contributed by atoms with van der Waals surface area (Å²) in [5.41, 5.74) is 0. The average molecular weight is 917 g/mol. The van der Waals surface area contributed by atoms with Crippen molar-refractivity contribution in [3.05, 3.63) is 97.2 Å². The first-order valence-electron chi connectivity index (χ1n) is 27.3. The van der Waals surface area contributed by atoms with E-state index in [-0.39, 0.29) is 31.1 Å². The van der Waals surface area contributed by atoms with Crippen LogP contribution in [0.2, 0.25) is 0 Å². The van der Waals surface area contributed by atoms with Crippen molar-refractivity contribution in [2.24, 2.45) is 0 Å². The molecule has 0 aromatic rings. The van der Waals surface area contributed by atoms with Gasteiger partial charge in [-0.25, -0.2) is 0 Å². The molecule has 0 saturated carbocycles. The number of unbranched alkanes of at least 4 members (excludes halogenated alkanes) is 24. The molecule has 0 heterocycles. The lowest BCUT2D eigenvalue weighted by Gasteiger charge is -2.18. The number of allylic oxidation sites excluding steroid dienone is 16. The number of carbonyl (C=O) groups excluding carboxylic acids is 3. The van der Waals surface area contributed by atoms with Crippen LogP contribution in [-0.4, -0.2) is 37.2 Å². The number of rotatable bonds is 48. The summed E-state index contributed by atoms with van der Waals surface area (Å²) >= 11 is 0. The fraction of sp³-hybridized carbons (Fsp3) is 0.683. The molecule has 0 rings (SSSR count). The Bertz CT molecular complexity index is 1330. The summed E-state index contributed by atoms with van der Waals surface area (Å²) in [6.07, 6.45) is 71.0. The molecular formula is C60H100O6. The van der Waals surface area contributed by atoms with Crippen molar-refractivity contribution in [1.82, 2.24) is 0 Å². The summed E-state index contributed by atoms with van der Waals surface area (Å²) < 4.78 is 16.8. The van der Waals surface area contributed by atoms with Crippen LogP contribution in [0.5, 0.6) is 0 Å². The van der Waals surface area contributed by atoms with E-state index in [1.54, 1.807) is 0 Å². The molecule has 0 aliphatic carbocycles. The van der Waals surface area contributed by atoms with Crippen molar-refractivity contribution in [3.63, 3.8) is 0 Å². The maximum Gasteiger partial charge on any atom is 0.306 e. The van der Waals surface area contributed by atoms with Gasteiger partial charge in [-0.2, -0.15) is 0 Å². The van der Waals surface area contributed by atoms with Gasteiger partial charge < -0.3 is 14.2 Å². The molecule has 1 unspecified atom stereocenters. The summed E-state index contributed by atoms with van der Waals surface area (Å²) in [5.74, 6) is -0.934. The third kappa shape index (κ3) is 51.3. The SMILES string of the molecule is CC\C=C/C=C\C=C/C=C\CCCCCCCC(=O)OCC(COC(=O)CCCCCCCCC/C=C\CCCCCCCC)OC(=O)CCCCCCCC/C=C\C/C=C\C/C=C\CC. The van der Waals surface area contributed by atoms with E-state index in [0.717, 1.165) is 116 Å². The van der Waals surface area contributed by atoms with Gasteiger partial charge in [-0.1, -0.05) is 227 Å². The van der Waals surface area contributed by atoms with Crippen LogP contribution in [0.1, 0.15) is 245 Å². The van der Waals surface area contributed by atoms with Crippen LogP contribution in [0.4, 0.5) is 0 Å². The molecule has 0 radical (unpaired) electrons. The molecule has 6 nitrogen and oxygen atoms in total. The molecule has 0 aliphatic rings. The first kappa shape index (κ1) is 62.3. The molecule has 0 fully saturated rings. The van der Waals surface area contributed by atoms with Crippen molar-refractivity contribution in [1.29, 1.82) is 0 Å². The molecule has 376 valence electrons. The predicted molar refractivity (Wildman–Crippen MR) is 284 cm³/mol. The largest absolute Gasteiger partial charge is 0.462 e. The number of carbonyl (C=O) groups is 3. The monoisotopic (exact) mass is 917 g/mol. The van der Waals surface area contributed by atoms with Gasteiger partial charge in [0.05, 0.1) is 0 Å². The Morgan fingerprint density at radius 2 is 0.667 bits per heavy atom. The van der Waals surface area contributed by atoms with Gasteiger partial charge in [0.15, 0.2) is 6.10 Å². The maximum absolute atomic E-state index is 12.8. The van der Waals surface area contributed by atoms with E-state index in [2.05, 4.69) is 99.8 Å². The summed E-state index contributed by atoms with van der Waals surface area (Å²) in [6, 6.07) is 0. The highest BCUT2D eigenvalue weighted by Gasteiger charge is 2.19. The summed E-state index contributed by atoms with van der Waals surface area (Å²) in [5, 5.41) is 0. The Hall–Kier alpha value is -3.67. The quantitative estimate of drug-likeness (QED) is 0.0199.